The molecule has 16 heavy (non-hydrogen) atoms. The minimum atomic E-state index is -0.0172. The Morgan fingerprint density at radius 2 is 2.62 bits per heavy atom. The summed E-state index contributed by atoms with van der Waals surface area (Å²) in [6, 6.07) is -0.0172. The van der Waals surface area contributed by atoms with Crippen molar-refractivity contribution >= 4 is 17.7 Å². The molecule has 2 heterocycles. The van der Waals surface area contributed by atoms with Gasteiger partial charge < -0.3 is 5.32 Å². The molecule has 2 N–H and O–H groups in total. The van der Waals surface area contributed by atoms with Crippen LogP contribution < -0.4 is 10.6 Å². The zero-order chi connectivity index (χ0) is 11.2. The molecule has 1 atom stereocenters. The van der Waals surface area contributed by atoms with Crippen molar-refractivity contribution in [3.63, 3.8) is 0 Å². The van der Waals surface area contributed by atoms with Gasteiger partial charge in [-0.15, -0.1) is 16.9 Å². The Hall–Kier alpha value is -1.08. The number of nitrogens with zero attached hydrogens (tertiary/aromatic N) is 3. The minimum absolute atomic E-state index is 0.0172. The topological polar surface area (TPSA) is 71.8 Å². The van der Waals surface area contributed by atoms with Crippen LogP contribution in [0.15, 0.2) is 12.4 Å². The maximum Gasteiger partial charge on any atom is 0.238 e. The van der Waals surface area contributed by atoms with E-state index in [9.17, 15) is 4.79 Å². The van der Waals surface area contributed by atoms with E-state index in [0.29, 0.717) is 6.54 Å². The second-order valence-corrected chi connectivity index (χ2v) is 4.61. The molecule has 1 aliphatic rings. The van der Waals surface area contributed by atoms with Gasteiger partial charge in [-0.05, 0) is 6.42 Å². The van der Waals surface area contributed by atoms with E-state index < -0.39 is 0 Å². The molecule has 0 saturated carbocycles. The van der Waals surface area contributed by atoms with E-state index in [1.807, 2.05) is 6.20 Å². The second kappa shape index (κ2) is 5.86. The molecular weight excluding hydrogens is 226 g/mol. The van der Waals surface area contributed by atoms with Crippen molar-refractivity contribution in [3.8, 4) is 0 Å². The van der Waals surface area contributed by atoms with Crippen molar-refractivity contribution < 1.29 is 4.79 Å². The lowest BCUT2D eigenvalue weighted by Gasteiger charge is -2.09. The third kappa shape index (κ3) is 3.21. The molecule has 6 nitrogen and oxygen atoms in total. The molecule has 1 aromatic rings. The molecule has 0 aromatic carbocycles. The normalized spacial score (nSPS) is 19.9. The molecule has 1 saturated heterocycles. The Morgan fingerprint density at radius 1 is 1.69 bits per heavy atom. The molecule has 2 rings (SSSR count). The predicted molar refractivity (Wildman–Crippen MR) is 61.9 cm³/mol. The molecule has 88 valence electrons. The van der Waals surface area contributed by atoms with Gasteiger partial charge in [0.15, 0.2) is 0 Å². The summed E-state index contributed by atoms with van der Waals surface area (Å²) in [4.78, 5) is 11.6. The van der Waals surface area contributed by atoms with Gasteiger partial charge in [0.1, 0.15) is 0 Å². The lowest BCUT2D eigenvalue weighted by molar-refractivity contribution is -0.122. The molecule has 1 fully saturated rings. The van der Waals surface area contributed by atoms with Crippen LogP contribution in [0.25, 0.3) is 0 Å². The van der Waals surface area contributed by atoms with Gasteiger partial charge in [-0.25, -0.2) is 0 Å². The Morgan fingerprint density at radius 3 is 3.31 bits per heavy atom. The van der Waals surface area contributed by atoms with Crippen LogP contribution in [0.3, 0.4) is 0 Å². The number of hydrogen-bond acceptors (Lipinski definition) is 5. The highest BCUT2D eigenvalue weighted by molar-refractivity contribution is 7.99. The largest absolute Gasteiger partial charge is 0.355 e. The van der Waals surface area contributed by atoms with Crippen molar-refractivity contribution in [1.82, 2.24) is 25.6 Å². The fraction of sp³-hybridized carbons (Fsp3) is 0.667. The van der Waals surface area contributed by atoms with Crippen LogP contribution in [0.2, 0.25) is 0 Å². The number of carbonyl (C=O) groups is 1. The fourth-order valence-corrected chi connectivity index (χ4v) is 2.43. The summed E-state index contributed by atoms with van der Waals surface area (Å²) in [7, 11) is 0. The van der Waals surface area contributed by atoms with Crippen molar-refractivity contribution in [2.24, 2.45) is 0 Å². The molecular formula is C9H15N5OS. The van der Waals surface area contributed by atoms with Crippen LogP contribution in [-0.2, 0) is 11.3 Å². The average molecular weight is 241 g/mol. The Labute approximate surface area is 98.2 Å². The van der Waals surface area contributed by atoms with E-state index in [1.165, 1.54) is 0 Å². The summed E-state index contributed by atoms with van der Waals surface area (Å²) in [5, 5.41) is 13.6. The average Bonchev–Trinajstić information content (AvgIpc) is 2.96. The lowest BCUT2D eigenvalue weighted by atomic mass is 10.3. The number of aromatic nitrogens is 3. The first-order valence-electron chi connectivity index (χ1n) is 5.29. The van der Waals surface area contributed by atoms with Gasteiger partial charge in [0.2, 0.25) is 5.91 Å². The molecule has 1 aromatic heterocycles. The fourth-order valence-electron chi connectivity index (χ4n) is 1.49. The van der Waals surface area contributed by atoms with Crippen LogP contribution >= 0.6 is 11.8 Å². The Bertz CT molecular complexity index is 323. The van der Waals surface area contributed by atoms with Gasteiger partial charge in [-0.3, -0.25) is 14.8 Å². The predicted octanol–water partition coefficient (Wildman–Crippen LogP) is -0.553. The molecule has 0 radical (unpaired) electrons. The van der Waals surface area contributed by atoms with Crippen LogP contribution in [0.5, 0.6) is 0 Å². The molecule has 0 aliphatic carbocycles. The van der Waals surface area contributed by atoms with E-state index in [2.05, 4.69) is 20.9 Å². The summed E-state index contributed by atoms with van der Waals surface area (Å²) >= 11 is 1.75. The molecule has 0 bridgehead atoms. The number of aryl methyl sites for hydroxylation is 1. The lowest BCUT2D eigenvalue weighted by Crippen LogP contribution is -2.42. The standard InChI is InChI=1S/C9H15N5OS/c15-9(8-6-16-7-11-8)10-2-1-4-14-5-3-12-13-14/h3,5,8,11H,1-2,4,6-7H2,(H,10,15). The first kappa shape index (κ1) is 11.4. The van der Waals surface area contributed by atoms with Gasteiger partial charge in [-0.1, -0.05) is 5.21 Å². The summed E-state index contributed by atoms with van der Waals surface area (Å²) < 4.78 is 1.76. The molecule has 1 amide bonds. The Kier molecular flexibility index (Phi) is 4.17. The van der Waals surface area contributed by atoms with Crippen LogP contribution in [-0.4, -0.2) is 45.1 Å². The smallest absolute Gasteiger partial charge is 0.238 e. The van der Waals surface area contributed by atoms with E-state index in [4.69, 9.17) is 0 Å². The van der Waals surface area contributed by atoms with Crippen molar-refractivity contribution in [3.05, 3.63) is 12.4 Å². The van der Waals surface area contributed by atoms with Gasteiger partial charge in [-0.2, -0.15) is 0 Å². The zero-order valence-corrected chi connectivity index (χ0v) is 9.74. The quantitative estimate of drug-likeness (QED) is 0.677. The van der Waals surface area contributed by atoms with Crippen LogP contribution in [0, 0.1) is 0 Å². The minimum Gasteiger partial charge on any atom is -0.355 e. The summed E-state index contributed by atoms with van der Waals surface area (Å²) in [5.74, 6) is 1.84. The van der Waals surface area contributed by atoms with Crippen LogP contribution in [0.1, 0.15) is 6.42 Å². The third-order valence-electron chi connectivity index (χ3n) is 2.37. The van der Waals surface area contributed by atoms with E-state index in [-0.39, 0.29) is 11.9 Å². The van der Waals surface area contributed by atoms with Crippen molar-refractivity contribution in [1.29, 1.82) is 0 Å². The summed E-state index contributed by atoms with van der Waals surface area (Å²) in [6.45, 7) is 1.47. The molecule has 1 aliphatic heterocycles. The first-order chi connectivity index (χ1) is 7.86. The highest BCUT2D eigenvalue weighted by atomic mass is 32.2. The third-order valence-corrected chi connectivity index (χ3v) is 3.31. The van der Waals surface area contributed by atoms with Gasteiger partial charge in [0.05, 0.1) is 12.2 Å². The maximum absolute atomic E-state index is 11.6. The van der Waals surface area contributed by atoms with E-state index >= 15 is 0 Å². The molecule has 7 heteroatoms. The number of rotatable bonds is 5. The second-order valence-electron chi connectivity index (χ2n) is 3.58. The number of nitrogens with one attached hydrogen (secondary N) is 2. The molecule has 0 spiro atoms. The highest BCUT2D eigenvalue weighted by Gasteiger charge is 2.21. The highest BCUT2D eigenvalue weighted by Crippen LogP contribution is 2.09. The first-order valence-corrected chi connectivity index (χ1v) is 6.44. The summed E-state index contributed by atoms with van der Waals surface area (Å²) in [6.07, 6.45) is 4.34. The molecule has 1 unspecified atom stereocenters. The monoisotopic (exact) mass is 241 g/mol. The SMILES string of the molecule is O=C(NCCCn1ccnn1)C1CSCN1. The van der Waals surface area contributed by atoms with E-state index in [0.717, 1.165) is 24.6 Å². The zero-order valence-electron chi connectivity index (χ0n) is 8.93. The number of hydrogen-bond donors (Lipinski definition) is 2. The maximum atomic E-state index is 11.6. The van der Waals surface area contributed by atoms with Crippen molar-refractivity contribution in [2.75, 3.05) is 18.2 Å². The van der Waals surface area contributed by atoms with Gasteiger partial charge >= 0.3 is 0 Å². The van der Waals surface area contributed by atoms with E-state index in [1.54, 1.807) is 22.6 Å². The number of carbonyl (C=O) groups excluding carboxylic acids is 1. The van der Waals surface area contributed by atoms with Crippen LogP contribution in [0.4, 0.5) is 0 Å². The number of thioether (sulfide) groups is 1. The summed E-state index contributed by atoms with van der Waals surface area (Å²) in [5.41, 5.74) is 0. The van der Waals surface area contributed by atoms with Crippen molar-refractivity contribution in [2.45, 2.75) is 19.0 Å². The van der Waals surface area contributed by atoms with Gasteiger partial charge in [0, 0.05) is 30.9 Å². The Balaban J connectivity index is 1.59. The number of amides is 1. The van der Waals surface area contributed by atoms with Gasteiger partial charge in [0.25, 0.3) is 0 Å².